The summed E-state index contributed by atoms with van der Waals surface area (Å²) in [4.78, 5) is 11.4. The molecule has 1 N–H and O–H groups in total. The Morgan fingerprint density at radius 2 is 2.15 bits per heavy atom. The Labute approximate surface area is 113 Å². The van der Waals surface area contributed by atoms with Crippen molar-refractivity contribution in [2.45, 2.75) is 18.2 Å². The second kappa shape index (κ2) is 5.32. The summed E-state index contributed by atoms with van der Waals surface area (Å²) in [5.41, 5.74) is -2.10. The number of benzene rings is 1. The van der Waals surface area contributed by atoms with Crippen molar-refractivity contribution in [3.63, 3.8) is 0 Å². The molecule has 1 aliphatic rings. The molecule has 1 unspecified atom stereocenters. The third-order valence-corrected chi connectivity index (χ3v) is 3.20. The first kappa shape index (κ1) is 14.6. The molecule has 1 aromatic rings. The number of hydrogen-bond donors (Lipinski definition) is 1. The molecule has 4 nitrogen and oxygen atoms in total. The van der Waals surface area contributed by atoms with Crippen LogP contribution in [0.15, 0.2) is 24.3 Å². The number of nitrogens with one attached hydrogen (secondary N) is 1. The van der Waals surface area contributed by atoms with Gasteiger partial charge in [-0.05, 0) is 24.7 Å². The lowest BCUT2D eigenvalue weighted by atomic mass is 10.0. The van der Waals surface area contributed by atoms with Gasteiger partial charge in [0.15, 0.2) is 0 Å². The number of esters is 1. The Morgan fingerprint density at radius 3 is 2.70 bits per heavy atom. The molecule has 0 aromatic heterocycles. The van der Waals surface area contributed by atoms with Gasteiger partial charge in [-0.25, -0.2) is 4.79 Å². The minimum atomic E-state index is -4.49. The maximum absolute atomic E-state index is 13.2. The van der Waals surface area contributed by atoms with E-state index in [1.807, 2.05) is 0 Å². The quantitative estimate of drug-likeness (QED) is 0.866. The number of carbonyl (C=O) groups excluding carboxylic acids is 1. The van der Waals surface area contributed by atoms with E-state index in [0.29, 0.717) is 0 Å². The predicted octanol–water partition coefficient (Wildman–Crippen LogP) is 2.15. The number of rotatable bonds is 3. The van der Waals surface area contributed by atoms with E-state index in [9.17, 15) is 18.0 Å². The molecule has 20 heavy (non-hydrogen) atoms. The van der Waals surface area contributed by atoms with Gasteiger partial charge in [0.1, 0.15) is 5.75 Å². The molecule has 1 saturated heterocycles. The summed E-state index contributed by atoms with van der Waals surface area (Å²) in [5.74, 6) is -0.630. The second-order valence-corrected chi connectivity index (χ2v) is 4.54. The van der Waals surface area contributed by atoms with E-state index >= 15 is 0 Å². The van der Waals surface area contributed by atoms with Crippen LogP contribution in [-0.2, 0) is 4.74 Å². The van der Waals surface area contributed by atoms with E-state index in [2.05, 4.69) is 10.1 Å². The Morgan fingerprint density at radius 1 is 1.40 bits per heavy atom. The molecule has 1 aliphatic heterocycles. The molecule has 0 saturated carbocycles. The number of ether oxygens (including phenoxy) is 2. The van der Waals surface area contributed by atoms with Gasteiger partial charge in [-0.2, -0.15) is 13.2 Å². The first-order chi connectivity index (χ1) is 9.38. The van der Waals surface area contributed by atoms with Crippen molar-refractivity contribution in [3.05, 3.63) is 29.8 Å². The largest absolute Gasteiger partial charge is 0.476 e. The predicted molar refractivity (Wildman–Crippen MR) is 64.7 cm³/mol. The van der Waals surface area contributed by atoms with Crippen LogP contribution in [0.25, 0.3) is 0 Å². The van der Waals surface area contributed by atoms with E-state index < -0.39 is 17.7 Å². The minimum Gasteiger partial charge on any atom is -0.476 e. The Balaban J connectivity index is 2.26. The van der Waals surface area contributed by atoms with Gasteiger partial charge in [0.05, 0.1) is 12.7 Å². The van der Waals surface area contributed by atoms with Crippen LogP contribution in [0.3, 0.4) is 0 Å². The van der Waals surface area contributed by atoms with E-state index in [1.165, 1.54) is 31.4 Å². The van der Waals surface area contributed by atoms with E-state index in [0.717, 1.165) is 0 Å². The normalized spacial score (nSPS) is 22.6. The summed E-state index contributed by atoms with van der Waals surface area (Å²) >= 11 is 0. The van der Waals surface area contributed by atoms with Crippen LogP contribution < -0.4 is 10.1 Å². The third kappa shape index (κ3) is 2.72. The van der Waals surface area contributed by atoms with Crippen molar-refractivity contribution in [1.82, 2.24) is 5.32 Å². The lowest BCUT2D eigenvalue weighted by Gasteiger charge is -2.31. The van der Waals surface area contributed by atoms with Gasteiger partial charge in [0.2, 0.25) is 5.60 Å². The molecule has 0 bridgehead atoms. The van der Waals surface area contributed by atoms with Crippen LogP contribution in [0.1, 0.15) is 16.8 Å². The number of alkyl halides is 3. The number of halogens is 3. The molecule has 1 heterocycles. The summed E-state index contributed by atoms with van der Waals surface area (Å²) < 4.78 is 49.2. The number of methoxy groups -OCH3 is 1. The van der Waals surface area contributed by atoms with Crippen LogP contribution in [0, 0.1) is 0 Å². The average Bonchev–Trinajstić information content (AvgIpc) is 2.87. The minimum absolute atomic E-state index is 0.00562. The molecule has 0 aliphatic carbocycles. The number of carbonyl (C=O) groups is 1. The summed E-state index contributed by atoms with van der Waals surface area (Å²) in [6.07, 6.45) is -4.66. The van der Waals surface area contributed by atoms with Gasteiger partial charge in [-0.3, -0.25) is 0 Å². The molecule has 2 rings (SSSR count). The van der Waals surface area contributed by atoms with Crippen LogP contribution in [0.4, 0.5) is 13.2 Å². The lowest BCUT2D eigenvalue weighted by molar-refractivity contribution is -0.240. The fourth-order valence-electron chi connectivity index (χ4n) is 2.09. The molecule has 1 atom stereocenters. The Kier molecular flexibility index (Phi) is 3.89. The summed E-state index contributed by atoms with van der Waals surface area (Å²) in [5, 5.41) is 2.65. The van der Waals surface area contributed by atoms with Crippen molar-refractivity contribution < 1.29 is 27.4 Å². The van der Waals surface area contributed by atoms with E-state index in [-0.39, 0.29) is 30.8 Å². The summed E-state index contributed by atoms with van der Waals surface area (Å²) in [6, 6.07) is 5.54. The first-order valence-corrected chi connectivity index (χ1v) is 6.03. The Bertz CT molecular complexity index is 496. The second-order valence-electron chi connectivity index (χ2n) is 4.54. The third-order valence-electron chi connectivity index (χ3n) is 3.20. The zero-order valence-electron chi connectivity index (χ0n) is 10.8. The fraction of sp³-hybridized carbons (Fsp3) is 0.462. The van der Waals surface area contributed by atoms with Crippen molar-refractivity contribution >= 4 is 5.97 Å². The monoisotopic (exact) mass is 289 g/mol. The van der Waals surface area contributed by atoms with Gasteiger partial charge in [0, 0.05) is 13.0 Å². The molecule has 0 spiro atoms. The van der Waals surface area contributed by atoms with Gasteiger partial charge in [0.25, 0.3) is 0 Å². The molecule has 0 radical (unpaired) electrons. The fourth-order valence-corrected chi connectivity index (χ4v) is 2.09. The smallest absolute Gasteiger partial charge is 0.429 e. The summed E-state index contributed by atoms with van der Waals surface area (Å²) in [6.45, 7) is -0.0743. The van der Waals surface area contributed by atoms with Crippen LogP contribution in [0.2, 0.25) is 0 Å². The molecule has 110 valence electrons. The topological polar surface area (TPSA) is 47.6 Å². The highest BCUT2D eigenvalue weighted by atomic mass is 19.4. The molecule has 1 fully saturated rings. The highest BCUT2D eigenvalue weighted by Gasteiger charge is 2.58. The average molecular weight is 289 g/mol. The van der Waals surface area contributed by atoms with Crippen LogP contribution in [0.5, 0.6) is 5.75 Å². The highest BCUT2D eigenvalue weighted by Crippen LogP contribution is 2.39. The lowest BCUT2D eigenvalue weighted by Crippen LogP contribution is -2.52. The Hall–Kier alpha value is -1.76. The summed E-state index contributed by atoms with van der Waals surface area (Å²) in [7, 11) is 1.20. The van der Waals surface area contributed by atoms with Crippen molar-refractivity contribution in [1.29, 1.82) is 0 Å². The number of hydrogen-bond acceptors (Lipinski definition) is 4. The zero-order valence-corrected chi connectivity index (χ0v) is 10.8. The van der Waals surface area contributed by atoms with E-state index in [1.54, 1.807) is 0 Å². The van der Waals surface area contributed by atoms with Crippen molar-refractivity contribution in [3.8, 4) is 5.75 Å². The maximum Gasteiger partial charge on any atom is 0.429 e. The molecule has 7 heteroatoms. The molecule has 1 aromatic carbocycles. The zero-order chi connectivity index (χ0) is 14.8. The SMILES string of the molecule is COC(=O)c1cccc(OC2(C(F)(F)F)CCNC2)c1. The van der Waals surface area contributed by atoms with Gasteiger partial charge >= 0.3 is 12.1 Å². The van der Waals surface area contributed by atoms with Gasteiger partial charge < -0.3 is 14.8 Å². The van der Waals surface area contributed by atoms with E-state index in [4.69, 9.17) is 4.74 Å². The van der Waals surface area contributed by atoms with Crippen LogP contribution >= 0.6 is 0 Å². The van der Waals surface area contributed by atoms with Crippen molar-refractivity contribution in [2.75, 3.05) is 20.2 Å². The van der Waals surface area contributed by atoms with Gasteiger partial charge in [-0.1, -0.05) is 6.07 Å². The first-order valence-electron chi connectivity index (χ1n) is 6.03. The maximum atomic E-state index is 13.2. The van der Waals surface area contributed by atoms with Gasteiger partial charge in [-0.15, -0.1) is 0 Å². The molecular weight excluding hydrogens is 275 g/mol. The standard InChI is InChI=1S/C13H14F3NO3/c1-19-11(18)9-3-2-4-10(7-9)20-12(13(14,15)16)5-6-17-8-12/h2-4,7,17H,5-6,8H2,1H3. The highest BCUT2D eigenvalue weighted by molar-refractivity contribution is 5.89. The van der Waals surface area contributed by atoms with Crippen LogP contribution in [-0.4, -0.2) is 37.9 Å². The van der Waals surface area contributed by atoms with Crippen molar-refractivity contribution in [2.24, 2.45) is 0 Å². The molecular formula is C13H14F3NO3. The molecule has 0 amide bonds.